The summed E-state index contributed by atoms with van der Waals surface area (Å²) in [5.74, 6) is -1.04. The number of rotatable bonds is 4. The molecular formula is C11H14NO3P. The molecule has 4 nitrogen and oxygen atoms in total. The van der Waals surface area contributed by atoms with Gasteiger partial charge in [-0.15, -0.1) is 0 Å². The Labute approximate surface area is 96.9 Å². The molecular weight excluding hydrogens is 225 g/mol. The summed E-state index contributed by atoms with van der Waals surface area (Å²) in [6.07, 6.45) is 0. The number of likely N-dealkylation sites (N-methyl/N-ethyl adjacent to an activating group) is 1. The van der Waals surface area contributed by atoms with Crippen LogP contribution in [0.4, 0.5) is 0 Å². The standard InChI is InChI=1S/C11H14NO3P/c1-12(2)11(14)10(13)9-6-4-3-5-8(9)7-15-16/h3-6H,7,16H2,1-2H3. The summed E-state index contributed by atoms with van der Waals surface area (Å²) in [5.41, 5.74) is 1.10. The van der Waals surface area contributed by atoms with Crippen molar-refractivity contribution in [3.05, 3.63) is 35.4 Å². The lowest BCUT2D eigenvalue weighted by atomic mass is 10.0. The van der Waals surface area contributed by atoms with Gasteiger partial charge in [0.05, 0.1) is 6.61 Å². The molecule has 1 rings (SSSR count). The number of carbonyl (C=O) groups excluding carboxylic acids is 2. The van der Waals surface area contributed by atoms with E-state index in [1.54, 1.807) is 38.4 Å². The molecule has 16 heavy (non-hydrogen) atoms. The Bertz CT molecular complexity index is 404. The van der Waals surface area contributed by atoms with E-state index in [0.29, 0.717) is 11.1 Å². The molecule has 0 fully saturated rings. The van der Waals surface area contributed by atoms with E-state index in [4.69, 9.17) is 4.52 Å². The van der Waals surface area contributed by atoms with Crippen LogP contribution in [0.3, 0.4) is 0 Å². The van der Waals surface area contributed by atoms with E-state index in [0.717, 1.165) is 0 Å². The van der Waals surface area contributed by atoms with Gasteiger partial charge in [-0.1, -0.05) is 24.3 Å². The number of ketones is 1. The highest BCUT2D eigenvalue weighted by molar-refractivity contribution is 7.09. The van der Waals surface area contributed by atoms with Crippen LogP contribution >= 0.6 is 9.47 Å². The fraction of sp³-hybridized carbons (Fsp3) is 0.273. The molecule has 0 bridgehead atoms. The highest BCUT2D eigenvalue weighted by atomic mass is 31.0. The lowest BCUT2D eigenvalue weighted by Gasteiger charge is -2.11. The third-order valence-corrected chi connectivity index (χ3v) is 2.27. The molecule has 0 heterocycles. The minimum absolute atomic E-state index is 0.285. The maximum atomic E-state index is 11.8. The molecule has 0 aliphatic heterocycles. The average molecular weight is 239 g/mol. The van der Waals surface area contributed by atoms with Crippen molar-refractivity contribution in [2.75, 3.05) is 14.1 Å². The number of carbonyl (C=O) groups is 2. The topological polar surface area (TPSA) is 46.6 Å². The first-order valence-corrected chi connectivity index (χ1v) is 5.20. The van der Waals surface area contributed by atoms with Crippen LogP contribution in [0, 0.1) is 0 Å². The zero-order valence-corrected chi connectivity index (χ0v) is 10.4. The second kappa shape index (κ2) is 5.73. The van der Waals surface area contributed by atoms with Gasteiger partial charge in [0.1, 0.15) is 0 Å². The van der Waals surface area contributed by atoms with E-state index in [2.05, 4.69) is 9.47 Å². The third-order valence-electron chi connectivity index (χ3n) is 2.10. The third kappa shape index (κ3) is 2.87. The Morgan fingerprint density at radius 3 is 2.50 bits per heavy atom. The number of Topliss-reactive ketones (excluding diaryl/α,β-unsaturated/α-hetero) is 1. The first-order valence-electron chi connectivity index (χ1n) is 4.73. The summed E-state index contributed by atoms with van der Waals surface area (Å²) in [5, 5.41) is 0. The first kappa shape index (κ1) is 12.8. The molecule has 0 saturated carbocycles. The number of nitrogens with zero attached hydrogens (tertiary/aromatic N) is 1. The van der Waals surface area contributed by atoms with E-state index in [1.807, 2.05) is 0 Å². The summed E-state index contributed by atoms with van der Waals surface area (Å²) in [4.78, 5) is 24.6. The fourth-order valence-corrected chi connectivity index (χ4v) is 1.46. The molecule has 0 radical (unpaired) electrons. The number of benzene rings is 1. The van der Waals surface area contributed by atoms with Gasteiger partial charge >= 0.3 is 0 Å². The van der Waals surface area contributed by atoms with Gasteiger partial charge in [-0.25, -0.2) is 0 Å². The van der Waals surface area contributed by atoms with Crippen LogP contribution in [0.1, 0.15) is 15.9 Å². The van der Waals surface area contributed by atoms with Gasteiger partial charge in [-0.05, 0) is 5.56 Å². The molecule has 86 valence electrons. The Kier molecular flexibility index (Phi) is 4.59. The van der Waals surface area contributed by atoms with E-state index in [9.17, 15) is 9.59 Å². The minimum Gasteiger partial charge on any atom is -0.361 e. The highest BCUT2D eigenvalue weighted by Crippen LogP contribution is 2.13. The number of amides is 1. The molecule has 0 N–H and O–H groups in total. The van der Waals surface area contributed by atoms with E-state index >= 15 is 0 Å². The van der Waals surface area contributed by atoms with Crippen molar-refractivity contribution in [3.8, 4) is 0 Å². The predicted octanol–water partition coefficient (Wildman–Crippen LogP) is 1.26. The highest BCUT2D eigenvalue weighted by Gasteiger charge is 2.20. The first-order chi connectivity index (χ1) is 7.57. The van der Waals surface area contributed by atoms with E-state index < -0.39 is 11.7 Å². The molecule has 0 saturated heterocycles. The van der Waals surface area contributed by atoms with Crippen molar-refractivity contribution in [3.63, 3.8) is 0 Å². The van der Waals surface area contributed by atoms with Gasteiger partial charge in [0.25, 0.3) is 11.7 Å². The van der Waals surface area contributed by atoms with Gasteiger partial charge in [0.2, 0.25) is 0 Å². The van der Waals surface area contributed by atoms with Gasteiger partial charge < -0.3 is 9.42 Å². The van der Waals surface area contributed by atoms with Crippen molar-refractivity contribution in [2.24, 2.45) is 0 Å². The molecule has 0 aliphatic rings. The van der Waals surface area contributed by atoms with Crippen LogP contribution in [0.5, 0.6) is 0 Å². The molecule has 1 aromatic rings. The van der Waals surface area contributed by atoms with Crippen LogP contribution in [0.15, 0.2) is 24.3 Å². The summed E-state index contributed by atoms with van der Waals surface area (Å²) in [6.45, 7) is 0.285. The molecule has 0 aromatic heterocycles. The van der Waals surface area contributed by atoms with Crippen LogP contribution < -0.4 is 0 Å². The largest absolute Gasteiger partial charge is 0.361 e. The average Bonchev–Trinajstić information content (AvgIpc) is 2.28. The maximum absolute atomic E-state index is 11.8. The van der Waals surface area contributed by atoms with Gasteiger partial charge in [-0.3, -0.25) is 9.59 Å². The van der Waals surface area contributed by atoms with Crippen LogP contribution in [0.2, 0.25) is 0 Å². The van der Waals surface area contributed by atoms with Crippen LogP contribution in [-0.2, 0) is 15.9 Å². The normalized spacial score (nSPS) is 9.94. The van der Waals surface area contributed by atoms with Crippen molar-refractivity contribution in [1.82, 2.24) is 4.90 Å². The Morgan fingerprint density at radius 1 is 1.31 bits per heavy atom. The zero-order chi connectivity index (χ0) is 12.1. The quantitative estimate of drug-likeness (QED) is 0.451. The van der Waals surface area contributed by atoms with Crippen molar-refractivity contribution < 1.29 is 14.1 Å². The summed E-state index contributed by atoms with van der Waals surface area (Å²) >= 11 is 0. The Balaban J connectivity index is 3.03. The monoisotopic (exact) mass is 239 g/mol. The predicted molar refractivity (Wildman–Crippen MR) is 64.0 cm³/mol. The smallest absolute Gasteiger partial charge is 0.294 e. The van der Waals surface area contributed by atoms with Gasteiger partial charge in [0, 0.05) is 29.1 Å². The molecule has 0 aliphatic carbocycles. The lowest BCUT2D eigenvalue weighted by molar-refractivity contribution is -0.124. The summed E-state index contributed by atoms with van der Waals surface area (Å²) in [7, 11) is 5.22. The summed E-state index contributed by atoms with van der Waals surface area (Å²) < 4.78 is 4.90. The fourth-order valence-electron chi connectivity index (χ4n) is 1.28. The minimum atomic E-state index is -0.531. The molecule has 1 atom stereocenters. The molecule has 1 unspecified atom stereocenters. The van der Waals surface area contributed by atoms with Crippen LogP contribution in [-0.4, -0.2) is 30.7 Å². The Morgan fingerprint density at radius 2 is 1.94 bits per heavy atom. The van der Waals surface area contributed by atoms with Crippen LogP contribution in [0.25, 0.3) is 0 Å². The van der Waals surface area contributed by atoms with Crippen molar-refractivity contribution >= 4 is 21.2 Å². The Hall–Kier alpha value is -1.25. The molecule has 1 amide bonds. The zero-order valence-electron chi connectivity index (χ0n) is 9.27. The van der Waals surface area contributed by atoms with Crippen molar-refractivity contribution in [1.29, 1.82) is 0 Å². The summed E-state index contributed by atoms with van der Waals surface area (Å²) in [6, 6.07) is 6.92. The van der Waals surface area contributed by atoms with E-state index in [1.165, 1.54) is 4.90 Å². The number of hydrogen-bond donors (Lipinski definition) is 0. The second-order valence-corrected chi connectivity index (χ2v) is 3.83. The lowest BCUT2D eigenvalue weighted by Crippen LogP contribution is -2.30. The maximum Gasteiger partial charge on any atom is 0.294 e. The van der Waals surface area contributed by atoms with Gasteiger partial charge in [-0.2, -0.15) is 0 Å². The number of hydrogen-bond acceptors (Lipinski definition) is 3. The van der Waals surface area contributed by atoms with Crippen molar-refractivity contribution in [2.45, 2.75) is 6.61 Å². The van der Waals surface area contributed by atoms with E-state index in [-0.39, 0.29) is 6.61 Å². The molecule has 0 spiro atoms. The molecule has 5 heteroatoms. The van der Waals surface area contributed by atoms with Gasteiger partial charge in [0.15, 0.2) is 0 Å². The SMILES string of the molecule is CN(C)C(=O)C(=O)c1ccccc1COP. The molecule has 1 aromatic carbocycles. The second-order valence-electron chi connectivity index (χ2n) is 3.50.